The van der Waals surface area contributed by atoms with Gasteiger partial charge in [-0.1, -0.05) is 30.3 Å². The Labute approximate surface area is 153 Å². The van der Waals surface area contributed by atoms with Gasteiger partial charge in [0.15, 0.2) is 11.5 Å². The first-order valence-electron chi connectivity index (χ1n) is 9.17. The smallest absolute Gasteiger partial charge is 0.203 e. The number of H-pyrrole nitrogens is 1. The summed E-state index contributed by atoms with van der Waals surface area (Å²) in [4.78, 5) is 10.5. The number of rotatable bonds is 5. The highest BCUT2D eigenvalue weighted by Crippen LogP contribution is 2.33. The summed E-state index contributed by atoms with van der Waals surface area (Å²) >= 11 is 0. The van der Waals surface area contributed by atoms with Crippen molar-refractivity contribution >= 4 is 17.0 Å². The minimum absolute atomic E-state index is 0.708. The fraction of sp³-hybridized carbons (Fsp3) is 0.381. The third kappa shape index (κ3) is 3.34. The molecule has 2 heterocycles. The molecule has 136 valence electrons. The summed E-state index contributed by atoms with van der Waals surface area (Å²) in [6, 6.07) is 14.7. The number of anilines is 1. The molecule has 0 spiro atoms. The third-order valence-corrected chi connectivity index (χ3v) is 5.26. The number of nitrogens with zero attached hydrogens (tertiary/aromatic N) is 2. The molecule has 1 saturated heterocycles. The Morgan fingerprint density at radius 2 is 1.73 bits per heavy atom. The maximum absolute atomic E-state index is 5.38. The predicted octanol–water partition coefficient (Wildman–Crippen LogP) is 4.04. The molecule has 0 atom stereocenters. The number of ether oxygens (including phenoxy) is 2. The molecule has 0 radical (unpaired) electrons. The second kappa shape index (κ2) is 7.28. The number of aromatic nitrogens is 2. The van der Waals surface area contributed by atoms with Gasteiger partial charge in [0, 0.05) is 25.2 Å². The summed E-state index contributed by atoms with van der Waals surface area (Å²) in [6.45, 7) is 2.07. The molecule has 5 nitrogen and oxygen atoms in total. The Hall–Kier alpha value is -2.69. The molecular formula is C21H25N3O2. The van der Waals surface area contributed by atoms with Gasteiger partial charge in [-0.2, -0.15) is 0 Å². The van der Waals surface area contributed by atoms with Crippen LogP contribution in [0.5, 0.6) is 11.5 Å². The van der Waals surface area contributed by atoms with Crippen LogP contribution in [0.25, 0.3) is 11.0 Å². The van der Waals surface area contributed by atoms with Crippen LogP contribution >= 0.6 is 0 Å². The Morgan fingerprint density at radius 1 is 1.04 bits per heavy atom. The quantitative estimate of drug-likeness (QED) is 0.754. The lowest BCUT2D eigenvalue weighted by Gasteiger charge is -2.31. The van der Waals surface area contributed by atoms with E-state index in [0.717, 1.165) is 41.7 Å². The molecular weight excluding hydrogens is 326 g/mol. The van der Waals surface area contributed by atoms with Crippen LogP contribution in [-0.2, 0) is 6.42 Å². The van der Waals surface area contributed by atoms with Crippen LogP contribution in [0.2, 0.25) is 0 Å². The zero-order valence-electron chi connectivity index (χ0n) is 15.4. The highest BCUT2D eigenvalue weighted by Gasteiger charge is 2.22. The summed E-state index contributed by atoms with van der Waals surface area (Å²) in [7, 11) is 3.30. The third-order valence-electron chi connectivity index (χ3n) is 5.26. The van der Waals surface area contributed by atoms with E-state index in [9.17, 15) is 0 Å². The van der Waals surface area contributed by atoms with Gasteiger partial charge in [-0.3, -0.25) is 0 Å². The first-order chi connectivity index (χ1) is 12.8. The van der Waals surface area contributed by atoms with Crippen molar-refractivity contribution in [2.24, 2.45) is 5.92 Å². The van der Waals surface area contributed by atoms with Crippen LogP contribution in [-0.4, -0.2) is 37.3 Å². The number of benzene rings is 2. The maximum atomic E-state index is 5.38. The molecule has 26 heavy (non-hydrogen) atoms. The highest BCUT2D eigenvalue weighted by molar-refractivity contribution is 5.81. The molecule has 0 aliphatic carbocycles. The van der Waals surface area contributed by atoms with Crippen molar-refractivity contribution in [3.8, 4) is 11.5 Å². The largest absolute Gasteiger partial charge is 0.493 e. The average molecular weight is 351 g/mol. The first kappa shape index (κ1) is 16.8. The predicted molar refractivity (Wildman–Crippen MR) is 104 cm³/mol. The molecule has 1 fully saturated rings. The summed E-state index contributed by atoms with van der Waals surface area (Å²) in [5.74, 6) is 3.11. The molecule has 1 aromatic heterocycles. The van der Waals surface area contributed by atoms with Gasteiger partial charge >= 0.3 is 0 Å². The van der Waals surface area contributed by atoms with Crippen LogP contribution in [0, 0.1) is 5.92 Å². The van der Waals surface area contributed by atoms with Crippen molar-refractivity contribution in [2.45, 2.75) is 19.3 Å². The number of nitrogens with one attached hydrogen (secondary N) is 1. The summed E-state index contributed by atoms with van der Waals surface area (Å²) in [6.07, 6.45) is 3.56. The molecule has 4 rings (SSSR count). The topological polar surface area (TPSA) is 50.4 Å². The number of piperidine rings is 1. The van der Waals surface area contributed by atoms with E-state index in [1.165, 1.54) is 24.8 Å². The van der Waals surface area contributed by atoms with Gasteiger partial charge in [0.05, 0.1) is 25.3 Å². The van der Waals surface area contributed by atoms with Crippen LogP contribution in [0.3, 0.4) is 0 Å². The van der Waals surface area contributed by atoms with Gasteiger partial charge in [-0.15, -0.1) is 0 Å². The van der Waals surface area contributed by atoms with E-state index in [0.29, 0.717) is 5.75 Å². The zero-order valence-corrected chi connectivity index (χ0v) is 15.4. The minimum Gasteiger partial charge on any atom is -0.493 e. The summed E-state index contributed by atoms with van der Waals surface area (Å²) < 4.78 is 10.8. The standard InChI is InChI=1S/C21H25N3O2/c1-25-19-13-17-18(14-20(19)26-2)23-21(22-17)24-10-8-16(9-11-24)12-15-6-4-3-5-7-15/h3-7,13-14,16H,8-12H2,1-2H3,(H,22,23). The lowest BCUT2D eigenvalue weighted by atomic mass is 9.90. The van der Waals surface area contributed by atoms with Gasteiger partial charge in [-0.05, 0) is 30.7 Å². The van der Waals surface area contributed by atoms with Gasteiger partial charge in [0.25, 0.3) is 0 Å². The van der Waals surface area contributed by atoms with Crippen molar-refractivity contribution in [2.75, 3.05) is 32.2 Å². The lowest BCUT2D eigenvalue weighted by Crippen LogP contribution is -2.35. The van der Waals surface area contributed by atoms with Gasteiger partial charge in [0.2, 0.25) is 5.95 Å². The maximum Gasteiger partial charge on any atom is 0.203 e. The fourth-order valence-corrected chi connectivity index (χ4v) is 3.77. The molecule has 1 aliphatic heterocycles. The van der Waals surface area contributed by atoms with Gasteiger partial charge in [-0.25, -0.2) is 4.98 Å². The lowest BCUT2D eigenvalue weighted by molar-refractivity contribution is 0.356. The van der Waals surface area contributed by atoms with Crippen molar-refractivity contribution in [1.82, 2.24) is 9.97 Å². The van der Waals surface area contributed by atoms with E-state index in [4.69, 9.17) is 14.5 Å². The molecule has 2 aromatic carbocycles. The fourth-order valence-electron chi connectivity index (χ4n) is 3.77. The highest BCUT2D eigenvalue weighted by atomic mass is 16.5. The van der Waals surface area contributed by atoms with Crippen LogP contribution in [0.1, 0.15) is 18.4 Å². The van der Waals surface area contributed by atoms with E-state index in [1.54, 1.807) is 14.2 Å². The molecule has 5 heteroatoms. The van der Waals surface area contributed by atoms with Crippen LogP contribution in [0.15, 0.2) is 42.5 Å². The molecule has 1 aliphatic rings. The Balaban J connectivity index is 1.45. The van der Waals surface area contributed by atoms with Gasteiger partial charge < -0.3 is 19.4 Å². The Kier molecular flexibility index (Phi) is 4.69. The molecule has 3 aromatic rings. The molecule has 0 bridgehead atoms. The Morgan fingerprint density at radius 3 is 2.42 bits per heavy atom. The zero-order chi connectivity index (χ0) is 17.9. The number of aromatic amines is 1. The second-order valence-electron chi connectivity index (χ2n) is 6.90. The first-order valence-corrected chi connectivity index (χ1v) is 9.17. The Bertz CT molecular complexity index is 827. The van der Waals surface area contributed by atoms with Crippen LogP contribution in [0.4, 0.5) is 5.95 Å². The van der Waals surface area contributed by atoms with E-state index < -0.39 is 0 Å². The monoisotopic (exact) mass is 351 g/mol. The number of hydrogen-bond acceptors (Lipinski definition) is 4. The van der Waals surface area contributed by atoms with E-state index in [-0.39, 0.29) is 0 Å². The van der Waals surface area contributed by atoms with E-state index in [2.05, 4.69) is 40.2 Å². The number of hydrogen-bond donors (Lipinski definition) is 1. The van der Waals surface area contributed by atoms with Crippen molar-refractivity contribution < 1.29 is 9.47 Å². The number of imidazole rings is 1. The van der Waals surface area contributed by atoms with Crippen molar-refractivity contribution in [3.63, 3.8) is 0 Å². The molecule has 0 saturated carbocycles. The number of methoxy groups -OCH3 is 2. The second-order valence-corrected chi connectivity index (χ2v) is 6.90. The average Bonchev–Trinajstić information content (AvgIpc) is 3.11. The SMILES string of the molecule is COc1cc2nc(N3CCC(Cc4ccccc4)CC3)[nH]c2cc1OC. The molecule has 0 amide bonds. The van der Waals surface area contributed by atoms with Crippen LogP contribution < -0.4 is 14.4 Å². The molecule has 0 unspecified atom stereocenters. The molecule has 1 N–H and O–H groups in total. The number of fused-ring (bicyclic) bond motifs is 1. The summed E-state index contributed by atoms with van der Waals surface area (Å²) in [5, 5.41) is 0. The van der Waals surface area contributed by atoms with Crippen molar-refractivity contribution in [3.05, 3.63) is 48.0 Å². The van der Waals surface area contributed by atoms with E-state index in [1.807, 2.05) is 12.1 Å². The van der Waals surface area contributed by atoms with E-state index >= 15 is 0 Å². The van der Waals surface area contributed by atoms with Crippen molar-refractivity contribution in [1.29, 1.82) is 0 Å². The summed E-state index contributed by atoms with van der Waals surface area (Å²) in [5.41, 5.74) is 3.32. The normalized spacial score (nSPS) is 15.4. The van der Waals surface area contributed by atoms with Gasteiger partial charge in [0.1, 0.15) is 0 Å². The minimum atomic E-state index is 0.708.